The quantitative estimate of drug-likeness (QED) is 0.528. The van der Waals surface area contributed by atoms with Crippen LogP contribution in [0.15, 0.2) is 11.0 Å². The van der Waals surface area contributed by atoms with Crippen molar-refractivity contribution in [2.45, 2.75) is 31.2 Å². The summed E-state index contributed by atoms with van der Waals surface area (Å²) >= 11 is 4.85. The molecule has 2 heterocycles. The third kappa shape index (κ3) is 2.23. The molecule has 4 atom stereocenters. The molecular weight excluding hydrogens is 279 g/mol. The lowest BCUT2D eigenvalue weighted by Gasteiger charge is -2.20. The molecule has 0 unspecified atom stereocenters. The van der Waals surface area contributed by atoms with Crippen LogP contribution < -0.4 is 5.56 Å². The number of halogens is 1. The van der Waals surface area contributed by atoms with Gasteiger partial charge in [-0.1, -0.05) is 0 Å². The summed E-state index contributed by atoms with van der Waals surface area (Å²) in [4.78, 5) is 13.6. The molecule has 0 spiro atoms. The van der Waals surface area contributed by atoms with Gasteiger partial charge in [0.25, 0.3) is 11.4 Å². The lowest BCUT2D eigenvalue weighted by molar-refractivity contribution is -0.207. The van der Waals surface area contributed by atoms with Crippen LogP contribution in [0.4, 0.5) is 4.39 Å². The van der Waals surface area contributed by atoms with E-state index in [9.17, 15) is 19.4 Å². The Balaban J connectivity index is 2.51. The van der Waals surface area contributed by atoms with Gasteiger partial charge in [-0.3, -0.25) is 14.3 Å². The molecule has 1 aliphatic heterocycles. The molecule has 1 aliphatic rings. The molecule has 1 saturated heterocycles. The van der Waals surface area contributed by atoms with E-state index in [1.807, 2.05) is 0 Å². The largest absolute Gasteiger partial charge is 0.390 e. The molecule has 0 saturated carbocycles. The summed E-state index contributed by atoms with van der Waals surface area (Å²) in [5, 5.41) is 28.6. The molecular formula is C10H13FN2O5S. The zero-order valence-electron chi connectivity index (χ0n) is 11.7. The Kier molecular flexibility index (Phi) is 2.93. The van der Waals surface area contributed by atoms with Gasteiger partial charge in [0.2, 0.25) is 0 Å². The van der Waals surface area contributed by atoms with Gasteiger partial charge in [0, 0.05) is 11.8 Å². The van der Waals surface area contributed by atoms with E-state index in [2.05, 4.69) is 9.72 Å². The Morgan fingerprint density at radius 2 is 2.37 bits per heavy atom. The lowest BCUT2D eigenvalue weighted by Crippen LogP contribution is -2.42. The Morgan fingerprint density at radius 3 is 2.89 bits per heavy atom. The first kappa shape index (κ1) is 11.7. The van der Waals surface area contributed by atoms with E-state index < -0.39 is 36.4 Å². The van der Waals surface area contributed by atoms with Crippen LogP contribution in [0.25, 0.3) is 0 Å². The summed E-state index contributed by atoms with van der Waals surface area (Å²) in [6.45, 7) is -2.13. The highest BCUT2D eigenvalue weighted by Crippen LogP contribution is 2.37. The monoisotopic (exact) mass is 294 g/mol. The van der Waals surface area contributed by atoms with Gasteiger partial charge in [0.1, 0.15) is 18.8 Å². The van der Waals surface area contributed by atoms with Crippen molar-refractivity contribution in [1.29, 1.82) is 0 Å². The van der Waals surface area contributed by atoms with Gasteiger partial charge in [-0.25, -0.2) is 4.39 Å². The van der Waals surface area contributed by atoms with Gasteiger partial charge in [0.05, 0.1) is 2.74 Å². The van der Waals surface area contributed by atoms with E-state index in [4.69, 9.17) is 20.1 Å². The number of aliphatic hydroxyl groups excluding tert-OH is 2. The Bertz CT molecular complexity index is 675. The maximum Gasteiger partial charge on any atom is 0.263 e. The van der Waals surface area contributed by atoms with E-state index in [0.717, 1.165) is 4.57 Å². The van der Waals surface area contributed by atoms with Gasteiger partial charge in [-0.05, 0) is 19.1 Å². The first-order chi connectivity index (χ1) is 9.49. The van der Waals surface area contributed by atoms with Gasteiger partial charge in [0.15, 0.2) is 11.0 Å². The van der Waals surface area contributed by atoms with Crippen LogP contribution >= 0.6 is 12.2 Å². The zero-order chi connectivity index (χ0) is 16.2. The fourth-order valence-electron chi connectivity index (χ4n) is 1.78. The van der Waals surface area contributed by atoms with Crippen LogP contribution in [0.5, 0.6) is 0 Å². The molecule has 2 rings (SSSR count). The van der Waals surface area contributed by atoms with E-state index in [-0.39, 0.29) is 10.3 Å². The average Bonchev–Trinajstić information content (AvgIpc) is 2.59. The van der Waals surface area contributed by atoms with Gasteiger partial charge in [-0.2, -0.15) is 0 Å². The Hall–Kier alpha value is -1.13. The normalized spacial score (nSPS) is 37.0. The first-order valence-electron chi connectivity index (χ1n) is 6.26. The minimum Gasteiger partial charge on any atom is -0.390 e. The molecule has 7 nitrogen and oxygen atoms in total. The van der Waals surface area contributed by atoms with Crippen molar-refractivity contribution in [2.75, 3.05) is 6.56 Å². The summed E-state index contributed by atoms with van der Waals surface area (Å²) < 4.78 is 33.7. The van der Waals surface area contributed by atoms with E-state index >= 15 is 0 Å². The second-order valence-electron chi connectivity index (χ2n) is 4.18. The summed E-state index contributed by atoms with van der Waals surface area (Å²) in [7, 11) is 0. The number of ether oxygens (including phenoxy) is 1. The predicted octanol–water partition coefficient (Wildman–Crippen LogP) is -0.877. The van der Waals surface area contributed by atoms with Crippen molar-refractivity contribution in [2.24, 2.45) is 0 Å². The number of hydrogen-bond acceptors (Lipinski definition) is 6. The summed E-state index contributed by atoms with van der Waals surface area (Å²) in [5.74, 6) is -3.55. The van der Waals surface area contributed by atoms with Crippen molar-refractivity contribution >= 4 is 12.2 Å². The number of H-pyrrole nitrogens is 1. The number of nitrogens with zero attached hydrogens (tertiary/aromatic N) is 1. The third-order valence-electron chi connectivity index (χ3n) is 2.86. The van der Waals surface area contributed by atoms with Crippen LogP contribution in [-0.4, -0.2) is 49.5 Å². The SMILES string of the molecule is [2H]C([2H])(O)[C@@]1(F)O[C@@H](n2cc(C)c(=O)[nH]c2=S)[C@H](O)[C@@H]1O. The molecule has 106 valence electrons. The zero-order valence-corrected chi connectivity index (χ0v) is 10.5. The van der Waals surface area contributed by atoms with E-state index in [1.54, 1.807) is 0 Å². The number of rotatable bonds is 2. The Morgan fingerprint density at radius 1 is 1.74 bits per heavy atom. The minimum absolute atomic E-state index is 0.178. The molecule has 0 aliphatic carbocycles. The standard InChI is InChI=1S/C10H13FN2O5S/c1-4-2-13(9(19)12-7(4)17)8-5(15)6(16)10(11,3-14)18-8/h2,5-6,8,14-16H,3H2,1H3,(H,12,17,19)/t5-,6+,8-,10-/m1/s1/i3D2. The molecule has 0 amide bonds. The molecule has 0 aromatic carbocycles. The van der Waals surface area contributed by atoms with E-state index in [1.165, 1.54) is 13.1 Å². The second kappa shape index (κ2) is 4.76. The maximum absolute atomic E-state index is 14.3. The van der Waals surface area contributed by atoms with Crippen LogP contribution in [0.3, 0.4) is 0 Å². The highest BCUT2D eigenvalue weighted by molar-refractivity contribution is 7.71. The average molecular weight is 294 g/mol. The number of aromatic nitrogens is 2. The number of aromatic amines is 1. The van der Waals surface area contributed by atoms with Crippen LogP contribution in [0.1, 0.15) is 14.5 Å². The number of aryl methyl sites for hydroxylation is 1. The topological polar surface area (TPSA) is 108 Å². The fraction of sp³-hybridized carbons (Fsp3) is 0.600. The van der Waals surface area contributed by atoms with Crippen molar-refractivity contribution in [3.8, 4) is 0 Å². The van der Waals surface area contributed by atoms with Gasteiger partial charge in [-0.15, -0.1) is 0 Å². The summed E-state index contributed by atoms with van der Waals surface area (Å²) in [6, 6.07) is 0. The maximum atomic E-state index is 14.3. The number of hydrogen-bond donors (Lipinski definition) is 4. The molecule has 0 bridgehead atoms. The van der Waals surface area contributed by atoms with Crippen molar-refractivity contribution < 1.29 is 27.2 Å². The summed E-state index contributed by atoms with van der Waals surface area (Å²) in [6.07, 6.45) is -4.71. The predicted molar refractivity (Wildman–Crippen MR) is 63.7 cm³/mol. The molecule has 19 heavy (non-hydrogen) atoms. The van der Waals surface area contributed by atoms with Crippen molar-refractivity contribution in [1.82, 2.24) is 9.55 Å². The number of alkyl halides is 1. The van der Waals surface area contributed by atoms with Crippen LogP contribution in [0, 0.1) is 11.7 Å². The van der Waals surface area contributed by atoms with Crippen LogP contribution in [0.2, 0.25) is 0 Å². The molecule has 9 heteroatoms. The van der Waals surface area contributed by atoms with Crippen molar-refractivity contribution in [3.63, 3.8) is 0 Å². The molecule has 0 radical (unpaired) electrons. The van der Waals surface area contributed by atoms with Crippen LogP contribution in [-0.2, 0) is 4.74 Å². The third-order valence-corrected chi connectivity index (χ3v) is 3.17. The molecule has 4 N–H and O–H groups in total. The molecule has 1 aromatic rings. The molecule has 1 fully saturated rings. The second-order valence-corrected chi connectivity index (χ2v) is 4.57. The molecule has 1 aromatic heterocycles. The number of nitrogens with one attached hydrogen (secondary N) is 1. The highest BCUT2D eigenvalue weighted by Gasteiger charge is 2.55. The van der Waals surface area contributed by atoms with Gasteiger partial charge >= 0.3 is 0 Å². The van der Waals surface area contributed by atoms with Gasteiger partial charge < -0.3 is 20.1 Å². The first-order valence-corrected chi connectivity index (χ1v) is 5.67. The Labute approximate surface area is 114 Å². The minimum atomic E-state index is -3.55. The van der Waals surface area contributed by atoms with E-state index in [0.29, 0.717) is 0 Å². The van der Waals surface area contributed by atoms with Crippen molar-refractivity contribution in [3.05, 3.63) is 26.9 Å². The smallest absolute Gasteiger partial charge is 0.263 e. The summed E-state index contributed by atoms with van der Waals surface area (Å²) in [5.41, 5.74) is -0.314. The fourth-order valence-corrected chi connectivity index (χ4v) is 2.03. The highest BCUT2D eigenvalue weighted by atomic mass is 32.1. The number of aliphatic hydroxyl groups is 3. The lowest BCUT2D eigenvalue weighted by atomic mass is 10.1.